The maximum Gasteiger partial charge on any atom is 0.351 e. The Morgan fingerprint density at radius 3 is 2.81 bits per heavy atom. The van der Waals surface area contributed by atoms with Crippen LogP contribution in [0.1, 0.15) is 0 Å². The standard InChI is InChI=1S/C14H9FN4O2/c1-2-6-19-14(21)18-8-7-17(13(20)12(18)16-19)11-5-3-4-10(15)9-11/h1,3-5,7-9H,6H2. The van der Waals surface area contributed by atoms with Gasteiger partial charge in [-0.1, -0.05) is 12.0 Å². The third kappa shape index (κ3) is 2.03. The van der Waals surface area contributed by atoms with E-state index < -0.39 is 17.1 Å². The zero-order valence-corrected chi connectivity index (χ0v) is 10.7. The van der Waals surface area contributed by atoms with Gasteiger partial charge in [-0.2, -0.15) is 0 Å². The Bertz CT molecular complexity index is 991. The summed E-state index contributed by atoms with van der Waals surface area (Å²) in [5.74, 6) is 1.82. The maximum absolute atomic E-state index is 13.3. The van der Waals surface area contributed by atoms with Crippen LogP contribution >= 0.6 is 0 Å². The van der Waals surface area contributed by atoms with Crippen LogP contribution in [0.3, 0.4) is 0 Å². The van der Waals surface area contributed by atoms with Crippen molar-refractivity contribution in [1.82, 2.24) is 18.7 Å². The molecule has 0 aliphatic rings. The van der Waals surface area contributed by atoms with Crippen LogP contribution < -0.4 is 11.2 Å². The minimum absolute atomic E-state index is 0.0279. The van der Waals surface area contributed by atoms with Crippen molar-refractivity contribution in [2.24, 2.45) is 0 Å². The van der Waals surface area contributed by atoms with Crippen molar-refractivity contribution < 1.29 is 4.39 Å². The van der Waals surface area contributed by atoms with Gasteiger partial charge in [-0.25, -0.2) is 18.3 Å². The van der Waals surface area contributed by atoms with Gasteiger partial charge in [0.15, 0.2) is 0 Å². The summed E-state index contributed by atoms with van der Waals surface area (Å²) in [5, 5.41) is 3.91. The summed E-state index contributed by atoms with van der Waals surface area (Å²) in [6.45, 7) is -0.0279. The number of terminal acetylenes is 1. The Balaban J connectivity index is 2.29. The van der Waals surface area contributed by atoms with E-state index >= 15 is 0 Å². The van der Waals surface area contributed by atoms with Crippen molar-refractivity contribution in [1.29, 1.82) is 0 Å². The predicted octanol–water partition coefficient (Wildman–Crippen LogP) is 0.419. The van der Waals surface area contributed by atoms with E-state index in [2.05, 4.69) is 11.0 Å². The Morgan fingerprint density at radius 1 is 1.29 bits per heavy atom. The molecule has 0 aliphatic carbocycles. The summed E-state index contributed by atoms with van der Waals surface area (Å²) in [7, 11) is 0. The highest BCUT2D eigenvalue weighted by atomic mass is 19.1. The summed E-state index contributed by atoms with van der Waals surface area (Å²) in [4.78, 5) is 24.3. The quantitative estimate of drug-likeness (QED) is 0.641. The highest BCUT2D eigenvalue weighted by molar-refractivity contribution is 5.40. The molecule has 0 N–H and O–H groups in total. The second kappa shape index (κ2) is 4.76. The highest BCUT2D eigenvalue weighted by Gasteiger charge is 2.12. The van der Waals surface area contributed by atoms with Gasteiger partial charge in [-0.3, -0.25) is 9.36 Å². The van der Waals surface area contributed by atoms with Crippen molar-refractivity contribution in [3.8, 4) is 18.0 Å². The van der Waals surface area contributed by atoms with Gasteiger partial charge in [0.05, 0.1) is 5.69 Å². The van der Waals surface area contributed by atoms with Crippen LogP contribution in [0.4, 0.5) is 4.39 Å². The minimum atomic E-state index is -0.532. The van der Waals surface area contributed by atoms with Gasteiger partial charge in [-0.15, -0.1) is 11.5 Å². The molecule has 0 amide bonds. The Labute approximate surface area is 117 Å². The van der Waals surface area contributed by atoms with E-state index in [4.69, 9.17) is 6.42 Å². The normalized spacial score (nSPS) is 10.7. The van der Waals surface area contributed by atoms with Crippen LogP contribution in [0.5, 0.6) is 0 Å². The van der Waals surface area contributed by atoms with E-state index in [9.17, 15) is 14.0 Å². The van der Waals surface area contributed by atoms with Gasteiger partial charge in [0.1, 0.15) is 12.4 Å². The zero-order valence-electron chi connectivity index (χ0n) is 10.7. The van der Waals surface area contributed by atoms with Gasteiger partial charge in [-0.05, 0) is 18.2 Å². The van der Waals surface area contributed by atoms with Crippen molar-refractivity contribution in [3.63, 3.8) is 0 Å². The van der Waals surface area contributed by atoms with E-state index in [1.807, 2.05) is 0 Å². The number of halogens is 1. The topological polar surface area (TPSA) is 61.3 Å². The van der Waals surface area contributed by atoms with Gasteiger partial charge < -0.3 is 0 Å². The molecule has 3 rings (SSSR count). The first kappa shape index (κ1) is 12.9. The molecule has 0 spiro atoms. The van der Waals surface area contributed by atoms with Crippen LogP contribution in [0.15, 0.2) is 46.2 Å². The average molecular weight is 284 g/mol. The molecule has 0 saturated carbocycles. The molecule has 0 atom stereocenters. The Morgan fingerprint density at radius 2 is 2.10 bits per heavy atom. The average Bonchev–Trinajstić information content (AvgIpc) is 2.78. The van der Waals surface area contributed by atoms with Gasteiger partial charge in [0.25, 0.3) is 0 Å². The Hall–Kier alpha value is -3.14. The van der Waals surface area contributed by atoms with Crippen molar-refractivity contribution in [3.05, 3.63) is 63.3 Å². The number of fused-ring (bicyclic) bond motifs is 1. The van der Waals surface area contributed by atoms with Gasteiger partial charge in [0.2, 0.25) is 5.65 Å². The highest BCUT2D eigenvalue weighted by Crippen LogP contribution is 2.07. The summed E-state index contributed by atoms with van der Waals surface area (Å²) in [6.07, 6.45) is 7.92. The molecule has 0 radical (unpaired) electrons. The van der Waals surface area contributed by atoms with Gasteiger partial charge in [0, 0.05) is 12.4 Å². The van der Waals surface area contributed by atoms with Crippen molar-refractivity contribution in [2.75, 3.05) is 0 Å². The first-order chi connectivity index (χ1) is 10.1. The van der Waals surface area contributed by atoms with E-state index in [0.29, 0.717) is 5.69 Å². The van der Waals surface area contributed by atoms with Crippen LogP contribution in [-0.2, 0) is 6.54 Å². The van der Waals surface area contributed by atoms with E-state index in [1.54, 1.807) is 6.07 Å². The third-order valence-electron chi connectivity index (χ3n) is 2.97. The lowest BCUT2D eigenvalue weighted by atomic mass is 10.3. The zero-order chi connectivity index (χ0) is 15.0. The molecule has 0 saturated heterocycles. The van der Waals surface area contributed by atoms with Crippen LogP contribution in [0.25, 0.3) is 11.3 Å². The molecule has 6 nitrogen and oxygen atoms in total. The Kier molecular flexibility index (Phi) is 2.92. The lowest BCUT2D eigenvalue weighted by Crippen LogP contribution is -2.24. The molecule has 0 bridgehead atoms. The fourth-order valence-electron chi connectivity index (χ4n) is 2.03. The maximum atomic E-state index is 13.3. The summed E-state index contributed by atoms with van der Waals surface area (Å²) in [5.41, 5.74) is -0.745. The number of aromatic nitrogens is 4. The molecule has 2 heterocycles. The largest absolute Gasteiger partial charge is 0.351 e. The number of nitrogens with zero attached hydrogens (tertiary/aromatic N) is 4. The van der Waals surface area contributed by atoms with Crippen molar-refractivity contribution in [2.45, 2.75) is 6.54 Å². The fourth-order valence-corrected chi connectivity index (χ4v) is 2.03. The SMILES string of the molecule is C#CCn1nc2c(=O)n(-c3cccc(F)c3)ccn2c1=O. The number of hydrogen-bond acceptors (Lipinski definition) is 3. The minimum Gasteiger partial charge on any atom is -0.279 e. The lowest BCUT2D eigenvalue weighted by molar-refractivity contribution is 0.626. The van der Waals surface area contributed by atoms with E-state index in [-0.39, 0.29) is 12.2 Å². The molecule has 3 aromatic rings. The molecule has 7 heteroatoms. The van der Waals surface area contributed by atoms with Crippen LogP contribution in [0.2, 0.25) is 0 Å². The number of benzene rings is 1. The monoisotopic (exact) mass is 284 g/mol. The van der Waals surface area contributed by atoms with Crippen LogP contribution in [0, 0.1) is 18.2 Å². The van der Waals surface area contributed by atoms with E-state index in [0.717, 1.165) is 9.08 Å². The second-order valence-electron chi connectivity index (χ2n) is 4.29. The molecular formula is C14H9FN4O2. The summed E-state index contributed by atoms with van der Waals surface area (Å²) in [6, 6.07) is 5.57. The predicted molar refractivity (Wildman–Crippen MR) is 73.8 cm³/mol. The number of rotatable bonds is 2. The summed E-state index contributed by atoms with van der Waals surface area (Å²) < 4.78 is 16.6. The fraction of sp³-hybridized carbons (Fsp3) is 0.0714. The first-order valence-corrected chi connectivity index (χ1v) is 6.02. The smallest absolute Gasteiger partial charge is 0.279 e. The van der Waals surface area contributed by atoms with E-state index in [1.165, 1.54) is 35.2 Å². The third-order valence-corrected chi connectivity index (χ3v) is 2.97. The van der Waals surface area contributed by atoms with Crippen molar-refractivity contribution >= 4 is 5.65 Å². The molecule has 2 aromatic heterocycles. The lowest BCUT2D eigenvalue weighted by Gasteiger charge is -2.04. The molecule has 0 aliphatic heterocycles. The first-order valence-electron chi connectivity index (χ1n) is 6.02. The number of hydrogen-bond donors (Lipinski definition) is 0. The van der Waals surface area contributed by atoms with Gasteiger partial charge >= 0.3 is 11.2 Å². The molecule has 21 heavy (non-hydrogen) atoms. The molecule has 0 fully saturated rings. The molecular weight excluding hydrogens is 275 g/mol. The summed E-state index contributed by atoms with van der Waals surface area (Å²) >= 11 is 0. The molecule has 0 unspecified atom stereocenters. The molecule has 1 aromatic carbocycles. The van der Waals surface area contributed by atoms with Crippen LogP contribution in [-0.4, -0.2) is 18.7 Å². The second-order valence-corrected chi connectivity index (χ2v) is 4.29. The molecule has 104 valence electrons.